The highest BCUT2D eigenvalue weighted by atomic mass is 19.1. The lowest BCUT2D eigenvalue weighted by molar-refractivity contribution is 0.101. The van der Waals surface area contributed by atoms with Gasteiger partial charge in [0, 0.05) is 13.1 Å². The first-order chi connectivity index (χ1) is 13.4. The molecule has 146 valence electrons. The number of aromatic hydroxyl groups is 1. The minimum Gasteiger partial charge on any atom is -0.507 e. The van der Waals surface area contributed by atoms with Gasteiger partial charge in [-0.15, -0.1) is 0 Å². The van der Waals surface area contributed by atoms with Crippen LogP contribution in [0.3, 0.4) is 0 Å². The van der Waals surface area contributed by atoms with Crippen LogP contribution in [0, 0.1) is 18.7 Å². The number of phenols is 1. The fourth-order valence-electron chi connectivity index (χ4n) is 4.10. The standard InChI is InChI=1S/C23H24FNO3/c1-14-4-3-9-25(12-14)13-18-19(26)10-15(2)21-22(27)20(28-23(18)21)11-16-5-7-17(24)8-6-16/h5-8,10-11,14,26H,3-4,9,12-13H2,1-2H3/b20-11+. The van der Waals surface area contributed by atoms with Crippen LogP contribution in [0.5, 0.6) is 11.5 Å². The fourth-order valence-corrected chi connectivity index (χ4v) is 4.10. The van der Waals surface area contributed by atoms with Gasteiger partial charge in [0.05, 0.1) is 11.1 Å². The van der Waals surface area contributed by atoms with Crippen molar-refractivity contribution in [1.29, 1.82) is 0 Å². The molecule has 1 N–H and O–H groups in total. The number of nitrogens with zero attached hydrogens (tertiary/aromatic N) is 1. The van der Waals surface area contributed by atoms with E-state index in [9.17, 15) is 14.3 Å². The van der Waals surface area contributed by atoms with Crippen molar-refractivity contribution < 1.29 is 19.0 Å². The zero-order valence-electron chi connectivity index (χ0n) is 16.2. The molecule has 0 radical (unpaired) electrons. The number of rotatable bonds is 3. The summed E-state index contributed by atoms with van der Waals surface area (Å²) in [5.41, 5.74) is 2.54. The third-order valence-corrected chi connectivity index (χ3v) is 5.51. The summed E-state index contributed by atoms with van der Waals surface area (Å²) < 4.78 is 19.1. The van der Waals surface area contributed by atoms with Crippen LogP contribution < -0.4 is 4.74 Å². The smallest absolute Gasteiger partial charge is 0.232 e. The van der Waals surface area contributed by atoms with Crippen molar-refractivity contribution >= 4 is 11.9 Å². The number of halogens is 1. The number of benzene rings is 2. The Kier molecular flexibility index (Phi) is 4.94. The summed E-state index contributed by atoms with van der Waals surface area (Å²) in [5, 5.41) is 10.6. The van der Waals surface area contributed by atoms with Crippen LogP contribution in [0.25, 0.3) is 6.08 Å². The molecule has 1 fully saturated rings. The number of fused-ring (bicyclic) bond motifs is 1. The largest absolute Gasteiger partial charge is 0.507 e. The van der Waals surface area contributed by atoms with Gasteiger partial charge in [-0.2, -0.15) is 0 Å². The van der Waals surface area contributed by atoms with Crippen molar-refractivity contribution in [2.24, 2.45) is 5.92 Å². The Labute approximate surface area is 164 Å². The van der Waals surface area contributed by atoms with E-state index in [0.29, 0.717) is 40.5 Å². The van der Waals surface area contributed by atoms with E-state index < -0.39 is 0 Å². The zero-order chi connectivity index (χ0) is 19.8. The van der Waals surface area contributed by atoms with E-state index in [1.807, 2.05) is 0 Å². The molecule has 0 saturated carbocycles. The first-order valence-electron chi connectivity index (χ1n) is 9.70. The van der Waals surface area contributed by atoms with Crippen molar-refractivity contribution in [3.63, 3.8) is 0 Å². The van der Waals surface area contributed by atoms with E-state index in [0.717, 1.165) is 19.5 Å². The van der Waals surface area contributed by atoms with Crippen molar-refractivity contribution in [2.75, 3.05) is 13.1 Å². The molecule has 0 spiro atoms. The number of Topliss-reactive ketones (excluding diaryl/α,β-unsaturated/α-hetero) is 1. The van der Waals surface area contributed by atoms with Gasteiger partial charge in [0.15, 0.2) is 5.76 Å². The molecule has 0 aliphatic carbocycles. The van der Waals surface area contributed by atoms with Gasteiger partial charge in [-0.25, -0.2) is 4.39 Å². The molecule has 2 aliphatic heterocycles. The van der Waals surface area contributed by atoms with Crippen LogP contribution in [0.2, 0.25) is 0 Å². The molecule has 2 aromatic rings. The maximum absolute atomic E-state index is 13.1. The monoisotopic (exact) mass is 381 g/mol. The number of piperidine rings is 1. The molecular formula is C23H24FNO3. The normalized spacial score (nSPS) is 21.0. The number of ketones is 1. The molecule has 2 aliphatic rings. The van der Waals surface area contributed by atoms with Crippen LogP contribution in [0.4, 0.5) is 4.39 Å². The molecular weight excluding hydrogens is 357 g/mol. The minimum atomic E-state index is -0.331. The minimum absolute atomic E-state index is 0.158. The number of allylic oxidation sites excluding steroid dienone is 1. The number of likely N-dealkylation sites (tertiary alicyclic amines) is 1. The van der Waals surface area contributed by atoms with Crippen LogP contribution >= 0.6 is 0 Å². The molecule has 5 heteroatoms. The van der Waals surface area contributed by atoms with E-state index in [1.54, 1.807) is 31.2 Å². The number of carbonyl (C=O) groups is 1. The highest BCUT2D eigenvalue weighted by Crippen LogP contribution is 2.42. The lowest BCUT2D eigenvalue weighted by Crippen LogP contribution is -2.33. The predicted octanol–water partition coefficient (Wildman–Crippen LogP) is 4.69. The number of phenolic OH excluding ortho intramolecular Hbond substituents is 1. The van der Waals surface area contributed by atoms with Gasteiger partial charge < -0.3 is 9.84 Å². The van der Waals surface area contributed by atoms with Gasteiger partial charge in [-0.1, -0.05) is 19.1 Å². The molecule has 1 atom stereocenters. The second-order valence-corrected chi connectivity index (χ2v) is 7.87. The Balaban J connectivity index is 1.68. The van der Waals surface area contributed by atoms with Crippen molar-refractivity contribution in [3.05, 3.63) is 64.2 Å². The zero-order valence-corrected chi connectivity index (χ0v) is 16.2. The average Bonchev–Trinajstić information content (AvgIpc) is 2.97. The summed E-state index contributed by atoms with van der Waals surface area (Å²) in [6, 6.07) is 7.53. The van der Waals surface area contributed by atoms with Crippen LogP contribution in [0.1, 0.15) is 46.8 Å². The Hall–Kier alpha value is -2.66. The Morgan fingerprint density at radius 2 is 2.07 bits per heavy atom. The summed E-state index contributed by atoms with van der Waals surface area (Å²) in [6.07, 6.45) is 3.96. The van der Waals surface area contributed by atoms with Crippen molar-refractivity contribution in [1.82, 2.24) is 4.90 Å². The molecule has 0 amide bonds. The highest BCUT2D eigenvalue weighted by Gasteiger charge is 2.34. The lowest BCUT2D eigenvalue weighted by Gasteiger charge is -2.31. The second kappa shape index (κ2) is 7.40. The van der Waals surface area contributed by atoms with Gasteiger partial charge in [-0.3, -0.25) is 9.69 Å². The van der Waals surface area contributed by atoms with Gasteiger partial charge >= 0.3 is 0 Å². The number of aryl methyl sites for hydroxylation is 1. The molecule has 4 nitrogen and oxygen atoms in total. The maximum Gasteiger partial charge on any atom is 0.232 e. The molecule has 28 heavy (non-hydrogen) atoms. The molecule has 4 rings (SSSR count). The summed E-state index contributed by atoms with van der Waals surface area (Å²) in [7, 11) is 0. The number of hydrogen-bond acceptors (Lipinski definition) is 4. The summed E-state index contributed by atoms with van der Waals surface area (Å²) in [5.74, 6) is 0.891. The molecule has 1 saturated heterocycles. The van der Waals surface area contributed by atoms with Crippen molar-refractivity contribution in [3.8, 4) is 11.5 Å². The van der Waals surface area contributed by atoms with Crippen molar-refractivity contribution in [2.45, 2.75) is 33.2 Å². The quantitative estimate of drug-likeness (QED) is 0.784. The average molecular weight is 381 g/mol. The van der Waals surface area contributed by atoms with Crippen LogP contribution in [0.15, 0.2) is 36.1 Å². The van der Waals surface area contributed by atoms with E-state index in [-0.39, 0.29) is 23.1 Å². The van der Waals surface area contributed by atoms with Crippen LogP contribution in [-0.4, -0.2) is 28.9 Å². The van der Waals surface area contributed by atoms with Gasteiger partial charge in [0.25, 0.3) is 0 Å². The summed E-state index contributed by atoms with van der Waals surface area (Å²) in [4.78, 5) is 15.2. The van der Waals surface area contributed by atoms with Gasteiger partial charge in [0.1, 0.15) is 17.3 Å². The third-order valence-electron chi connectivity index (χ3n) is 5.51. The predicted molar refractivity (Wildman–Crippen MR) is 106 cm³/mol. The van der Waals surface area contributed by atoms with E-state index in [4.69, 9.17) is 4.74 Å². The van der Waals surface area contributed by atoms with Crippen LogP contribution in [-0.2, 0) is 6.54 Å². The van der Waals surface area contributed by atoms with E-state index in [2.05, 4.69) is 11.8 Å². The number of hydrogen-bond donors (Lipinski definition) is 1. The SMILES string of the molecule is Cc1cc(O)c(CN2CCCC(C)C2)c2c1C(=O)/C(=C\c1ccc(F)cc1)O2. The van der Waals surface area contributed by atoms with Gasteiger partial charge in [-0.05, 0) is 67.6 Å². The lowest BCUT2D eigenvalue weighted by atomic mass is 9.97. The third kappa shape index (κ3) is 3.54. The molecule has 0 aromatic heterocycles. The Morgan fingerprint density at radius 3 is 2.79 bits per heavy atom. The van der Waals surface area contributed by atoms with Gasteiger partial charge in [0.2, 0.25) is 5.78 Å². The molecule has 2 aromatic carbocycles. The molecule has 2 heterocycles. The highest BCUT2D eigenvalue weighted by molar-refractivity contribution is 6.15. The molecule has 0 bridgehead atoms. The topological polar surface area (TPSA) is 49.8 Å². The fraction of sp³-hybridized carbons (Fsp3) is 0.348. The Morgan fingerprint density at radius 1 is 1.32 bits per heavy atom. The number of carbonyl (C=O) groups excluding carboxylic acids is 1. The first kappa shape index (κ1) is 18.7. The maximum atomic E-state index is 13.1. The molecule has 1 unspecified atom stereocenters. The first-order valence-corrected chi connectivity index (χ1v) is 9.70. The summed E-state index contributed by atoms with van der Waals surface area (Å²) in [6.45, 7) is 6.52. The number of ether oxygens (including phenoxy) is 1. The van der Waals surface area contributed by atoms with E-state index >= 15 is 0 Å². The summed E-state index contributed by atoms with van der Waals surface area (Å²) >= 11 is 0. The van der Waals surface area contributed by atoms with E-state index in [1.165, 1.54) is 18.6 Å². The Bertz CT molecular complexity index is 949. The second-order valence-electron chi connectivity index (χ2n) is 7.87.